The van der Waals surface area contributed by atoms with Gasteiger partial charge in [-0.2, -0.15) is 0 Å². The zero-order valence-electron chi connectivity index (χ0n) is 9.01. The van der Waals surface area contributed by atoms with Crippen LogP contribution in [0.5, 0.6) is 5.75 Å². The molecule has 0 aromatic heterocycles. The van der Waals surface area contributed by atoms with Crippen molar-refractivity contribution in [2.24, 2.45) is 5.92 Å². The van der Waals surface area contributed by atoms with Gasteiger partial charge in [-0.05, 0) is 37.0 Å². The molecule has 0 amide bonds. The number of hydrogen-bond donors (Lipinski definition) is 2. The van der Waals surface area contributed by atoms with E-state index < -0.39 is 12.1 Å². The average Bonchev–Trinajstić information content (AvgIpc) is 3.11. The molecule has 4 heteroatoms. The van der Waals surface area contributed by atoms with Crippen molar-refractivity contribution in [1.82, 2.24) is 0 Å². The zero-order chi connectivity index (χ0) is 11.7. The molecule has 1 saturated carbocycles. The highest BCUT2D eigenvalue weighted by atomic mass is 16.5. The molecule has 0 heterocycles. The molecule has 0 radical (unpaired) electrons. The van der Waals surface area contributed by atoms with E-state index in [1.807, 2.05) is 0 Å². The summed E-state index contributed by atoms with van der Waals surface area (Å²) in [6, 6.07) is 4.38. The van der Waals surface area contributed by atoms with E-state index in [0.717, 1.165) is 12.8 Å². The van der Waals surface area contributed by atoms with Crippen LogP contribution in [-0.2, 0) is 4.74 Å². The van der Waals surface area contributed by atoms with Crippen molar-refractivity contribution in [1.29, 1.82) is 0 Å². The molecule has 1 fully saturated rings. The molecular weight excluding hydrogens is 208 g/mol. The number of aliphatic hydroxyl groups excluding tert-OH is 1. The summed E-state index contributed by atoms with van der Waals surface area (Å²) in [6.07, 6.45) is 1.23. The van der Waals surface area contributed by atoms with Gasteiger partial charge in [-0.25, -0.2) is 4.79 Å². The topological polar surface area (TPSA) is 66.8 Å². The first-order valence-corrected chi connectivity index (χ1v) is 5.22. The average molecular weight is 222 g/mol. The molecule has 0 saturated heterocycles. The van der Waals surface area contributed by atoms with Crippen molar-refractivity contribution in [2.75, 3.05) is 7.11 Å². The normalized spacial score (nSPS) is 16.9. The Kier molecular flexibility index (Phi) is 2.83. The molecule has 4 nitrogen and oxygen atoms in total. The van der Waals surface area contributed by atoms with Crippen molar-refractivity contribution in [3.63, 3.8) is 0 Å². The molecule has 0 aliphatic heterocycles. The fraction of sp³-hybridized carbons (Fsp3) is 0.417. The van der Waals surface area contributed by atoms with Crippen LogP contribution in [0.4, 0.5) is 0 Å². The number of methoxy groups -OCH3 is 1. The van der Waals surface area contributed by atoms with Gasteiger partial charge in [0.25, 0.3) is 0 Å². The molecule has 1 aliphatic rings. The zero-order valence-corrected chi connectivity index (χ0v) is 9.01. The van der Waals surface area contributed by atoms with Gasteiger partial charge in [0.05, 0.1) is 18.8 Å². The quantitative estimate of drug-likeness (QED) is 0.763. The lowest BCUT2D eigenvalue weighted by molar-refractivity contribution is 0.0600. The summed E-state index contributed by atoms with van der Waals surface area (Å²) in [5, 5.41) is 19.5. The number of ether oxygens (including phenoxy) is 1. The molecule has 1 aliphatic carbocycles. The Bertz CT molecular complexity index is 409. The predicted molar refractivity (Wildman–Crippen MR) is 57.1 cm³/mol. The largest absolute Gasteiger partial charge is 0.508 e. The van der Waals surface area contributed by atoms with Crippen LogP contribution in [0.1, 0.15) is 34.9 Å². The summed E-state index contributed by atoms with van der Waals surface area (Å²) in [4.78, 5) is 11.3. The molecule has 2 N–H and O–H groups in total. The minimum Gasteiger partial charge on any atom is -0.508 e. The molecule has 1 unspecified atom stereocenters. The minimum absolute atomic E-state index is 0.0204. The van der Waals surface area contributed by atoms with Gasteiger partial charge in [0, 0.05) is 5.56 Å². The van der Waals surface area contributed by atoms with Gasteiger partial charge in [-0.3, -0.25) is 0 Å². The van der Waals surface area contributed by atoms with Gasteiger partial charge < -0.3 is 14.9 Å². The number of carbonyl (C=O) groups is 1. The second-order valence-electron chi connectivity index (χ2n) is 4.05. The van der Waals surface area contributed by atoms with Crippen LogP contribution in [0, 0.1) is 5.92 Å². The second kappa shape index (κ2) is 4.14. The van der Waals surface area contributed by atoms with Gasteiger partial charge in [0.2, 0.25) is 0 Å². The van der Waals surface area contributed by atoms with Gasteiger partial charge in [0.1, 0.15) is 5.75 Å². The highest BCUT2D eigenvalue weighted by Crippen LogP contribution is 2.43. The maximum Gasteiger partial charge on any atom is 0.337 e. The maximum absolute atomic E-state index is 11.3. The molecule has 0 bridgehead atoms. The smallest absolute Gasteiger partial charge is 0.337 e. The molecule has 1 aromatic carbocycles. The molecule has 16 heavy (non-hydrogen) atoms. The van der Waals surface area contributed by atoms with E-state index in [1.54, 1.807) is 0 Å². The third kappa shape index (κ3) is 2.02. The number of phenolic OH excluding ortho intramolecular Hbond substituents is 1. The van der Waals surface area contributed by atoms with Crippen LogP contribution >= 0.6 is 0 Å². The summed E-state index contributed by atoms with van der Waals surface area (Å²) in [6.45, 7) is 0. The summed E-state index contributed by atoms with van der Waals surface area (Å²) in [7, 11) is 1.30. The Hall–Kier alpha value is -1.55. The Balaban J connectivity index is 2.31. The molecular formula is C12H14O4. The van der Waals surface area contributed by atoms with Crippen LogP contribution in [0.3, 0.4) is 0 Å². The van der Waals surface area contributed by atoms with Crippen molar-refractivity contribution in [3.8, 4) is 5.75 Å². The van der Waals surface area contributed by atoms with Crippen molar-refractivity contribution < 1.29 is 19.7 Å². The highest BCUT2D eigenvalue weighted by Gasteiger charge is 2.32. The molecule has 86 valence electrons. The Morgan fingerprint density at radius 2 is 2.19 bits per heavy atom. The van der Waals surface area contributed by atoms with Gasteiger partial charge >= 0.3 is 5.97 Å². The molecule has 1 atom stereocenters. The summed E-state index contributed by atoms with van der Waals surface area (Å²) in [5.41, 5.74) is 0.750. The number of carbonyl (C=O) groups excluding carboxylic acids is 1. The third-order valence-electron chi connectivity index (χ3n) is 2.84. The number of phenols is 1. The lowest BCUT2D eigenvalue weighted by atomic mass is 10.0. The lowest BCUT2D eigenvalue weighted by Crippen LogP contribution is -2.05. The van der Waals surface area contributed by atoms with Gasteiger partial charge in [-0.15, -0.1) is 0 Å². The summed E-state index contributed by atoms with van der Waals surface area (Å²) >= 11 is 0. The fourth-order valence-corrected chi connectivity index (χ4v) is 1.70. The van der Waals surface area contributed by atoms with Crippen LogP contribution in [0.2, 0.25) is 0 Å². The first-order chi connectivity index (χ1) is 7.63. The van der Waals surface area contributed by atoms with E-state index in [2.05, 4.69) is 4.74 Å². The highest BCUT2D eigenvalue weighted by molar-refractivity contribution is 5.89. The van der Waals surface area contributed by atoms with Crippen LogP contribution < -0.4 is 0 Å². The molecule has 2 rings (SSSR count). The minimum atomic E-state index is -0.690. The van der Waals surface area contributed by atoms with Crippen molar-refractivity contribution >= 4 is 5.97 Å². The van der Waals surface area contributed by atoms with Gasteiger partial charge in [-0.1, -0.05) is 0 Å². The van der Waals surface area contributed by atoms with Crippen molar-refractivity contribution in [2.45, 2.75) is 18.9 Å². The van der Waals surface area contributed by atoms with Gasteiger partial charge in [0.15, 0.2) is 0 Å². The number of hydrogen-bond acceptors (Lipinski definition) is 4. The first kappa shape index (κ1) is 11.0. The lowest BCUT2D eigenvalue weighted by Gasteiger charge is -2.12. The van der Waals surface area contributed by atoms with E-state index in [-0.39, 0.29) is 11.7 Å². The number of aromatic hydroxyl groups is 1. The SMILES string of the molecule is COC(=O)c1ccc(O)c(C(O)C2CC2)c1. The predicted octanol–water partition coefficient (Wildman–Crippen LogP) is 1.62. The standard InChI is InChI=1S/C12H14O4/c1-16-12(15)8-4-5-10(13)9(6-8)11(14)7-2-3-7/h4-7,11,13-14H,2-3H2,1H3. The number of esters is 1. The van der Waals surface area contributed by atoms with Crippen molar-refractivity contribution in [3.05, 3.63) is 29.3 Å². The first-order valence-electron chi connectivity index (χ1n) is 5.22. The number of benzene rings is 1. The van der Waals surface area contributed by atoms with Crippen LogP contribution in [0.15, 0.2) is 18.2 Å². The monoisotopic (exact) mass is 222 g/mol. The summed E-state index contributed by atoms with van der Waals surface area (Å²) in [5.74, 6) is -0.241. The van der Waals surface area contributed by atoms with E-state index in [9.17, 15) is 15.0 Å². The van der Waals surface area contributed by atoms with E-state index in [0.29, 0.717) is 11.1 Å². The van der Waals surface area contributed by atoms with E-state index >= 15 is 0 Å². The van der Waals surface area contributed by atoms with Crippen LogP contribution in [-0.4, -0.2) is 23.3 Å². The molecule has 1 aromatic rings. The number of aliphatic hydroxyl groups is 1. The fourth-order valence-electron chi connectivity index (χ4n) is 1.70. The third-order valence-corrected chi connectivity index (χ3v) is 2.84. The number of rotatable bonds is 3. The van der Waals surface area contributed by atoms with E-state index in [1.165, 1.54) is 25.3 Å². The maximum atomic E-state index is 11.3. The van der Waals surface area contributed by atoms with E-state index in [4.69, 9.17) is 0 Å². The summed E-state index contributed by atoms with van der Waals surface area (Å²) < 4.78 is 4.58. The second-order valence-corrected chi connectivity index (χ2v) is 4.05. The Morgan fingerprint density at radius 1 is 1.50 bits per heavy atom. The Labute approximate surface area is 93.5 Å². The Morgan fingerprint density at radius 3 is 2.75 bits per heavy atom. The molecule has 0 spiro atoms. The van der Waals surface area contributed by atoms with Crippen LogP contribution in [0.25, 0.3) is 0 Å².